The number of fused-ring (bicyclic) bond motifs is 3. The van der Waals surface area contributed by atoms with Crippen molar-refractivity contribution in [2.45, 2.75) is 31.8 Å². The quantitative estimate of drug-likeness (QED) is 0.331. The number of carbonyl (C=O) groups is 2. The average molecular weight is 506 g/mol. The maximum Gasteiger partial charge on any atom is 0.405 e. The van der Waals surface area contributed by atoms with E-state index in [1.54, 1.807) is 6.07 Å². The van der Waals surface area contributed by atoms with E-state index in [9.17, 15) is 14.0 Å². The minimum atomic E-state index is -1.32. The summed E-state index contributed by atoms with van der Waals surface area (Å²) in [5, 5.41) is 12.1. The maximum atomic E-state index is 13.3. The molecular formula is C26H28FN7O3. The van der Waals surface area contributed by atoms with E-state index >= 15 is 0 Å². The van der Waals surface area contributed by atoms with Crippen molar-refractivity contribution < 1.29 is 19.1 Å². The summed E-state index contributed by atoms with van der Waals surface area (Å²) in [5.74, 6) is 1.07. The molecule has 37 heavy (non-hydrogen) atoms. The number of nitrogens with one attached hydrogen (secondary N) is 1. The Morgan fingerprint density at radius 3 is 2.84 bits per heavy atom. The van der Waals surface area contributed by atoms with Crippen LogP contribution in [0.15, 0.2) is 30.3 Å². The largest absolute Gasteiger partial charge is 0.465 e. The molecule has 0 spiro atoms. The van der Waals surface area contributed by atoms with Crippen LogP contribution in [0.25, 0.3) is 33.6 Å². The van der Waals surface area contributed by atoms with Crippen molar-refractivity contribution in [1.29, 1.82) is 0 Å². The van der Waals surface area contributed by atoms with Crippen LogP contribution >= 0.6 is 0 Å². The van der Waals surface area contributed by atoms with Crippen molar-refractivity contribution in [3.8, 4) is 11.5 Å². The van der Waals surface area contributed by atoms with E-state index in [4.69, 9.17) is 20.8 Å². The standard InChI is InChI=1S/C26H28FN7O3/c1-32-23-20(10-17-19(30-23)7-8-33(25(17)35)13-16(11-27)29-26(36)37)31-24(32)21-9-15-3-2-4-18(28)22(15)34(21)12-14-5-6-14/h2-4,9-10,14,16,29H,5-8,11-13,28H2,1H3,(H,36,37)/t16-/m1/s1. The van der Waals surface area contributed by atoms with Gasteiger partial charge in [0.25, 0.3) is 5.91 Å². The first-order valence-corrected chi connectivity index (χ1v) is 12.4. The number of nitrogens with two attached hydrogens (primary N) is 1. The number of nitrogen functional groups attached to an aromatic ring is 1. The lowest BCUT2D eigenvalue weighted by molar-refractivity contribution is 0.0712. The average Bonchev–Trinajstić information content (AvgIpc) is 3.54. The van der Waals surface area contributed by atoms with Crippen LogP contribution < -0.4 is 11.1 Å². The molecule has 3 aromatic heterocycles. The van der Waals surface area contributed by atoms with E-state index in [1.807, 2.05) is 23.7 Å². The number of amides is 2. The number of anilines is 1. The number of alkyl halides is 1. The molecule has 1 aliphatic carbocycles. The second-order valence-corrected chi connectivity index (χ2v) is 9.99. The van der Waals surface area contributed by atoms with Crippen molar-refractivity contribution in [3.05, 3.63) is 41.6 Å². The van der Waals surface area contributed by atoms with Crippen LogP contribution in [0.4, 0.5) is 14.9 Å². The van der Waals surface area contributed by atoms with Gasteiger partial charge in [0, 0.05) is 38.5 Å². The number of aromatic nitrogens is 4. The number of carbonyl (C=O) groups excluding carboxylic acids is 1. The highest BCUT2D eigenvalue weighted by atomic mass is 19.1. The molecule has 2 aliphatic rings. The van der Waals surface area contributed by atoms with Crippen molar-refractivity contribution >= 4 is 39.8 Å². The molecule has 1 saturated carbocycles. The predicted molar refractivity (Wildman–Crippen MR) is 137 cm³/mol. The molecule has 4 N–H and O–H groups in total. The molecule has 4 heterocycles. The summed E-state index contributed by atoms with van der Waals surface area (Å²) in [6.07, 6.45) is 1.57. The molecule has 4 aromatic rings. The lowest BCUT2D eigenvalue weighted by atomic mass is 10.0. The Morgan fingerprint density at radius 2 is 2.11 bits per heavy atom. The van der Waals surface area contributed by atoms with Gasteiger partial charge < -0.3 is 30.2 Å². The number of benzene rings is 1. The summed E-state index contributed by atoms with van der Waals surface area (Å²) in [7, 11) is 1.92. The third-order valence-electron chi connectivity index (χ3n) is 7.33. The summed E-state index contributed by atoms with van der Waals surface area (Å²) < 4.78 is 17.5. The number of hydrogen-bond donors (Lipinski definition) is 3. The van der Waals surface area contributed by atoms with Gasteiger partial charge in [-0.25, -0.2) is 19.2 Å². The minimum Gasteiger partial charge on any atom is -0.465 e. The van der Waals surface area contributed by atoms with Gasteiger partial charge in [0.2, 0.25) is 0 Å². The number of pyridine rings is 1. The van der Waals surface area contributed by atoms with E-state index in [-0.39, 0.29) is 12.5 Å². The summed E-state index contributed by atoms with van der Waals surface area (Å²) in [4.78, 5) is 35.3. The zero-order chi connectivity index (χ0) is 25.8. The van der Waals surface area contributed by atoms with Crippen molar-refractivity contribution in [3.63, 3.8) is 0 Å². The number of carboxylic acid groups (broad SMARTS) is 1. The van der Waals surface area contributed by atoms with E-state index in [2.05, 4.69) is 22.0 Å². The first-order valence-electron chi connectivity index (χ1n) is 12.4. The fourth-order valence-electron chi connectivity index (χ4n) is 5.30. The summed E-state index contributed by atoms with van der Waals surface area (Å²) in [5.41, 5.74) is 11.4. The molecule has 1 aliphatic heterocycles. The molecular weight excluding hydrogens is 477 g/mol. The van der Waals surface area contributed by atoms with Gasteiger partial charge in [-0.1, -0.05) is 12.1 Å². The number of nitrogens with zero attached hydrogens (tertiary/aromatic N) is 5. The first kappa shape index (κ1) is 23.3. The van der Waals surface area contributed by atoms with Crippen LogP contribution in [-0.4, -0.2) is 66.9 Å². The van der Waals surface area contributed by atoms with Gasteiger partial charge in [0.05, 0.1) is 34.2 Å². The normalized spacial score (nSPS) is 16.4. The summed E-state index contributed by atoms with van der Waals surface area (Å²) >= 11 is 0. The molecule has 11 heteroatoms. The Bertz CT molecular complexity index is 1560. The number of halogens is 1. The van der Waals surface area contributed by atoms with Gasteiger partial charge in [0.15, 0.2) is 11.5 Å². The third-order valence-corrected chi connectivity index (χ3v) is 7.33. The lowest BCUT2D eigenvalue weighted by Crippen LogP contribution is -2.48. The monoisotopic (exact) mass is 505 g/mol. The zero-order valence-electron chi connectivity index (χ0n) is 20.4. The molecule has 2 amide bonds. The SMILES string of the molecule is Cn1c(-c2cc3cccc(N)c3n2CC2CC2)nc2cc3c(nc21)CCN(C[C@@H](CF)NC(=O)O)C3=O. The van der Waals surface area contributed by atoms with Crippen LogP contribution in [0, 0.1) is 5.92 Å². The molecule has 0 bridgehead atoms. The molecule has 1 aromatic carbocycles. The van der Waals surface area contributed by atoms with Gasteiger partial charge in [-0.05, 0) is 37.0 Å². The maximum absolute atomic E-state index is 13.3. The second kappa shape index (κ2) is 8.75. The fourth-order valence-corrected chi connectivity index (χ4v) is 5.30. The highest BCUT2D eigenvalue weighted by Crippen LogP contribution is 2.38. The molecule has 0 saturated heterocycles. The van der Waals surface area contributed by atoms with Crippen LogP contribution in [0.1, 0.15) is 28.9 Å². The van der Waals surface area contributed by atoms with E-state index in [0.29, 0.717) is 41.3 Å². The second-order valence-electron chi connectivity index (χ2n) is 9.99. The zero-order valence-corrected chi connectivity index (χ0v) is 20.4. The Hall–Kier alpha value is -4.15. The third kappa shape index (κ3) is 4.04. The van der Waals surface area contributed by atoms with E-state index in [0.717, 1.165) is 34.7 Å². The number of para-hydroxylation sites is 1. The van der Waals surface area contributed by atoms with Crippen LogP contribution in [0.3, 0.4) is 0 Å². The highest BCUT2D eigenvalue weighted by molar-refractivity contribution is 5.99. The molecule has 0 radical (unpaired) electrons. The van der Waals surface area contributed by atoms with E-state index < -0.39 is 18.8 Å². The molecule has 1 fully saturated rings. The Kier molecular flexibility index (Phi) is 5.50. The number of hydrogen-bond acceptors (Lipinski definition) is 5. The predicted octanol–water partition coefficient (Wildman–Crippen LogP) is 3.19. The van der Waals surface area contributed by atoms with Crippen molar-refractivity contribution in [2.24, 2.45) is 13.0 Å². The van der Waals surface area contributed by atoms with Crippen molar-refractivity contribution in [2.75, 3.05) is 25.5 Å². The van der Waals surface area contributed by atoms with Gasteiger partial charge in [-0.2, -0.15) is 0 Å². The molecule has 192 valence electrons. The Morgan fingerprint density at radius 1 is 1.30 bits per heavy atom. The number of aryl methyl sites for hydroxylation is 1. The molecule has 10 nitrogen and oxygen atoms in total. The first-order chi connectivity index (χ1) is 17.8. The Labute approximate surface area is 211 Å². The molecule has 6 rings (SSSR count). The van der Waals surface area contributed by atoms with Gasteiger partial charge in [-0.3, -0.25) is 4.79 Å². The minimum absolute atomic E-state index is 0.0464. The highest BCUT2D eigenvalue weighted by Gasteiger charge is 2.30. The smallest absolute Gasteiger partial charge is 0.405 e. The van der Waals surface area contributed by atoms with Gasteiger partial charge in [-0.15, -0.1) is 0 Å². The lowest BCUT2D eigenvalue weighted by Gasteiger charge is -2.30. The van der Waals surface area contributed by atoms with E-state index in [1.165, 1.54) is 17.7 Å². The molecule has 1 atom stereocenters. The van der Waals surface area contributed by atoms with Gasteiger partial charge in [0.1, 0.15) is 12.2 Å². The summed E-state index contributed by atoms with van der Waals surface area (Å²) in [6.45, 7) is 0.258. The van der Waals surface area contributed by atoms with Crippen LogP contribution in [0.5, 0.6) is 0 Å². The van der Waals surface area contributed by atoms with Crippen LogP contribution in [0.2, 0.25) is 0 Å². The number of rotatable bonds is 7. The topological polar surface area (TPSA) is 131 Å². The van der Waals surface area contributed by atoms with Crippen LogP contribution in [-0.2, 0) is 20.0 Å². The Balaban J connectivity index is 1.40. The number of imidazole rings is 1. The van der Waals surface area contributed by atoms with Crippen molar-refractivity contribution in [1.82, 2.24) is 29.3 Å². The molecule has 0 unspecified atom stereocenters. The summed E-state index contributed by atoms with van der Waals surface area (Å²) in [6, 6.07) is 8.78. The fraction of sp³-hybridized carbons (Fsp3) is 0.385. The van der Waals surface area contributed by atoms with Gasteiger partial charge >= 0.3 is 6.09 Å².